The largest absolute Gasteiger partial charge is 0.490 e. The van der Waals surface area contributed by atoms with Crippen LogP contribution in [0.3, 0.4) is 0 Å². The molecule has 0 spiro atoms. The monoisotopic (exact) mass is 295 g/mol. The fourth-order valence-corrected chi connectivity index (χ4v) is 2.81. The van der Waals surface area contributed by atoms with E-state index in [0.29, 0.717) is 18.6 Å². The Kier molecular flexibility index (Phi) is 5.17. The van der Waals surface area contributed by atoms with E-state index in [1.165, 1.54) is 19.2 Å². The fourth-order valence-electron chi connectivity index (χ4n) is 2.81. The lowest BCUT2D eigenvalue weighted by Gasteiger charge is -2.27. The smallest absolute Gasteiger partial charge is 0.326 e. The van der Waals surface area contributed by atoms with E-state index in [9.17, 15) is 9.18 Å². The van der Waals surface area contributed by atoms with Crippen molar-refractivity contribution >= 4 is 5.97 Å². The first kappa shape index (κ1) is 15.8. The highest BCUT2D eigenvalue weighted by atomic mass is 19.1. The number of ether oxygens (including phenoxy) is 2. The van der Waals surface area contributed by atoms with Crippen LogP contribution in [-0.2, 0) is 9.53 Å². The topological polar surface area (TPSA) is 47.6 Å². The number of halogens is 1. The first-order valence-corrected chi connectivity index (χ1v) is 7.35. The quantitative estimate of drug-likeness (QED) is 0.820. The van der Waals surface area contributed by atoms with Gasteiger partial charge in [0.2, 0.25) is 0 Å². The van der Waals surface area contributed by atoms with Gasteiger partial charge in [-0.1, -0.05) is 13.0 Å². The Bertz CT molecular complexity index is 494. The number of hydrogen-bond acceptors (Lipinski definition) is 4. The van der Waals surface area contributed by atoms with Crippen LogP contribution in [0.1, 0.15) is 32.6 Å². The molecule has 21 heavy (non-hydrogen) atoms. The van der Waals surface area contributed by atoms with Gasteiger partial charge in [0.15, 0.2) is 0 Å². The van der Waals surface area contributed by atoms with E-state index < -0.39 is 5.54 Å². The summed E-state index contributed by atoms with van der Waals surface area (Å²) in [5.41, 5.74) is -0.678. The molecule has 1 aliphatic carbocycles. The molecule has 1 saturated carbocycles. The van der Waals surface area contributed by atoms with E-state index >= 15 is 0 Å². The Morgan fingerprint density at radius 3 is 3.00 bits per heavy atom. The molecule has 5 heteroatoms. The van der Waals surface area contributed by atoms with Gasteiger partial charge in [-0.15, -0.1) is 0 Å². The number of carbonyl (C=O) groups excluding carboxylic acids is 1. The van der Waals surface area contributed by atoms with E-state index in [0.717, 1.165) is 19.4 Å². The SMILES string of the molecule is CCCNC1(C(=O)OC)CCC(Oc2cccc(F)c2)C1. The molecule has 1 aromatic rings. The Balaban J connectivity index is 2.03. The molecule has 0 bridgehead atoms. The Morgan fingerprint density at radius 1 is 1.52 bits per heavy atom. The summed E-state index contributed by atoms with van der Waals surface area (Å²) in [6, 6.07) is 6.07. The minimum Gasteiger partial charge on any atom is -0.490 e. The van der Waals surface area contributed by atoms with Crippen molar-refractivity contribution in [3.8, 4) is 5.75 Å². The summed E-state index contributed by atoms with van der Waals surface area (Å²) in [6.07, 6.45) is 2.77. The standard InChI is InChI=1S/C16H22FNO3/c1-3-9-18-16(15(19)20-2)8-7-14(11-16)21-13-6-4-5-12(17)10-13/h4-6,10,14,18H,3,7-9,11H2,1-2H3. The zero-order chi connectivity index (χ0) is 15.3. The van der Waals surface area contributed by atoms with Crippen molar-refractivity contribution < 1.29 is 18.7 Å². The highest BCUT2D eigenvalue weighted by molar-refractivity contribution is 5.81. The molecule has 4 nitrogen and oxygen atoms in total. The highest BCUT2D eigenvalue weighted by Crippen LogP contribution is 2.34. The van der Waals surface area contributed by atoms with Crippen LogP contribution in [0.5, 0.6) is 5.75 Å². The summed E-state index contributed by atoms with van der Waals surface area (Å²) in [5.74, 6) is -0.0775. The van der Waals surface area contributed by atoms with E-state index in [2.05, 4.69) is 5.32 Å². The van der Waals surface area contributed by atoms with Crippen LogP contribution in [0.25, 0.3) is 0 Å². The first-order chi connectivity index (χ1) is 10.1. The van der Waals surface area contributed by atoms with Gasteiger partial charge in [-0.25, -0.2) is 4.39 Å². The lowest BCUT2D eigenvalue weighted by molar-refractivity contribution is -0.148. The number of benzene rings is 1. The molecule has 1 aliphatic rings. The molecule has 0 radical (unpaired) electrons. The molecule has 0 aromatic heterocycles. The average molecular weight is 295 g/mol. The van der Waals surface area contributed by atoms with Crippen LogP contribution in [0.4, 0.5) is 4.39 Å². The predicted octanol–water partition coefficient (Wildman–Crippen LogP) is 2.67. The third-order valence-electron chi connectivity index (χ3n) is 3.86. The lowest BCUT2D eigenvalue weighted by Crippen LogP contribution is -2.51. The van der Waals surface area contributed by atoms with E-state index in [1.54, 1.807) is 12.1 Å². The van der Waals surface area contributed by atoms with Gasteiger partial charge in [0.25, 0.3) is 0 Å². The number of carbonyl (C=O) groups is 1. The average Bonchev–Trinajstić information content (AvgIpc) is 2.88. The van der Waals surface area contributed by atoms with E-state index in [1.807, 2.05) is 6.92 Å². The fraction of sp³-hybridized carbons (Fsp3) is 0.562. The molecule has 1 N–H and O–H groups in total. The van der Waals surface area contributed by atoms with Gasteiger partial charge in [-0.3, -0.25) is 4.79 Å². The number of rotatable bonds is 6. The maximum absolute atomic E-state index is 13.2. The van der Waals surface area contributed by atoms with Crippen LogP contribution in [0.2, 0.25) is 0 Å². The van der Waals surface area contributed by atoms with Crippen LogP contribution in [0, 0.1) is 5.82 Å². The predicted molar refractivity (Wildman–Crippen MR) is 77.7 cm³/mol. The number of esters is 1. The molecule has 0 amide bonds. The number of methoxy groups -OCH3 is 1. The van der Waals surface area contributed by atoms with Crippen molar-refractivity contribution in [2.24, 2.45) is 0 Å². The van der Waals surface area contributed by atoms with Gasteiger partial charge in [-0.05, 0) is 37.9 Å². The Hall–Kier alpha value is -1.62. The van der Waals surface area contributed by atoms with Crippen molar-refractivity contribution in [2.45, 2.75) is 44.2 Å². The zero-order valence-electron chi connectivity index (χ0n) is 12.5. The lowest BCUT2D eigenvalue weighted by atomic mass is 9.97. The normalized spacial score (nSPS) is 24.8. The van der Waals surface area contributed by atoms with Crippen LogP contribution < -0.4 is 10.1 Å². The molecule has 2 atom stereocenters. The molecule has 1 aromatic carbocycles. The van der Waals surface area contributed by atoms with Crippen molar-refractivity contribution in [3.05, 3.63) is 30.1 Å². The molecular weight excluding hydrogens is 273 g/mol. The van der Waals surface area contributed by atoms with Gasteiger partial charge in [0.1, 0.15) is 23.2 Å². The summed E-state index contributed by atoms with van der Waals surface area (Å²) >= 11 is 0. The highest BCUT2D eigenvalue weighted by Gasteiger charge is 2.46. The molecule has 0 saturated heterocycles. The Labute approximate surface area is 124 Å². The third kappa shape index (κ3) is 3.73. The molecule has 0 heterocycles. The second kappa shape index (κ2) is 6.89. The van der Waals surface area contributed by atoms with Gasteiger partial charge in [-0.2, -0.15) is 0 Å². The Morgan fingerprint density at radius 2 is 2.33 bits per heavy atom. The van der Waals surface area contributed by atoms with E-state index in [4.69, 9.17) is 9.47 Å². The molecule has 1 fully saturated rings. The molecule has 0 aliphatic heterocycles. The van der Waals surface area contributed by atoms with Gasteiger partial charge < -0.3 is 14.8 Å². The number of nitrogens with one attached hydrogen (secondary N) is 1. The number of hydrogen-bond donors (Lipinski definition) is 1. The molecule has 2 rings (SSSR count). The maximum Gasteiger partial charge on any atom is 0.326 e. The minimum atomic E-state index is -0.678. The summed E-state index contributed by atoms with van der Waals surface area (Å²) < 4.78 is 23.9. The summed E-state index contributed by atoms with van der Waals surface area (Å²) in [7, 11) is 1.40. The molecule has 2 unspecified atom stereocenters. The van der Waals surface area contributed by atoms with Crippen molar-refractivity contribution in [3.63, 3.8) is 0 Å². The summed E-state index contributed by atoms with van der Waals surface area (Å²) in [4.78, 5) is 12.1. The van der Waals surface area contributed by atoms with Crippen LogP contribution in [-0.4, -0.2) is 31.3 Å². The van der Waals surface area contributed by atoms with Crippen LogP contribution >= 0.6 is 0 Å². The zero-order valence-corrected chi connectivity index (χ0v) is 12.5. The maximum atomic E-state index is 13.2. The molecule has 116 valence electrons. The third-order valence-corrected chi connectivity index (χ3v) is 3.86. The second-order valence-corrected chi connectivity index (χ2v) is 5.44. The van der Waals surface area contributed by atoms with Gasteiger partial charge in [0, 0.05) is 12.5 Å². The summed E-state index contributed by atoms with van der Waals surface area (Å²) in [5, 5.41) is 3.29. The molecular formula is C16H22FNO3. The second-order valence-electron chi connectivity index (χ2n) is 5.44. The van der Waals surface area contributed by atoms with Crippen molar-refractivity contribution in [1.29, 1.82) is 0 Å². The van der Waals surface area contributed by atoms with E-state index in [-0.39, 0.29) is 17.9 Å². The summed E-state index contributed by atoms with van der Waals surface area (Å²) in [6.45, 7) is 2.80. The first-order valence-electron chi connectivity index (χ1n) is 7.35. The van der Waals surface area contributed by atoms with Crippen molar-refractivity contribution in [2.75, 3.05) is 13.7 Å². The minimum absolute atomic E-state index is 0.116. The van der Waals surface area contributed by atoms with Crippen molar-refractivity contribution in [1.82, 2.24) is 5.32 Å². The van der Waals surface area contributed by atoms with Gasteiger partial charge in [0.05, 0.1) is 7.11 Å². The van der Waals surface area contributed by atoms with Gasteiger partial charge >= 0.3 is 5.97 Å². The van der Waals surface area contributed by atoms with Crippen LogP contribution in [0.15, 0.2) is 24.3 Å².